The predicted molar refractivity (Wildman–Crippen MR) is 83.1 cm³/mol. The zero-order valence-electron chi connectivity index (χ0n) is 11.7. The second-order valence-electron chi connectivity index (χ2n) is 4.84. The highest BCUT2D eigenvalue weighted by molar-refractivity contribution is 7.07. The molecule has 0 saturated heterocycles. The molecule has 0 spiro atoms. The third kappa shape index (κ3) is 3.87. The van der Waals surface area contributed by atoms with Crippen LogP contribution in [0.1, 0.15) is 19.4 Å². The van der Waals surface area contributed by atoms with Crippen LogP contribution in [0, 0.1) is 5.82 Å². The molecule has 0 fully saturated rings. The minimum atomic E-state index is -0.431. The average Bonchev–Trinajstić information content (AvgIpc) is 2.87. The van der Waals surface area contributed by atoms with Crippen molar-refractivity contribution < 1.29 is 9.13 Å². The Labute approximate surface area is 122 Å². The van der Waals surface area contributed by atoms with E-state index >= 15 is 0 Å². The number of halogens is 1. The van der Waals surface area contributed by atoms with Crippen LogP contribution in [0.25, 0.3) is 0 Å². The van der Waals surface area contributed by atoms with Crippen LogP contribution in [0.3, 0.4) is 0 Å². The van der Waals surface area contributed by atoms with E-state index in [4.69, 9.17) is 10.5 Å². The molecule has 0 saturated carbocycles. The van der Waals surface area contributed by atoms with Crippen LogP contribution < -0.4 is 15.8 Å². The summed E-state index contributed by atoms with van der Waals surface area (Å²) in [6.07, 6.45) is 0.826. The molecule has 1 aromatic heterocycles. The molecule has 0 aliphatic heterocycles. The van der Waals surface area contributed by atoms with E-state index in [1.54, 1.807) is 17.4 Å². The number of hydrogen-bond acceptors (Lipinski definition) is 4. The maximum atomic E-state index is 13.7. The topological polar surface area (TPSA) is 47.3 Å². The van der Waals surface area contributed by atoms with Crippen molar-refractivity contribution in [2.75, 3.05) is 17.6 Å². The van der Waals surface area contributed by atoms with Gasteiger partial charge in [-0.1, -0.05) is 0 Å². The number of thiophene rings is 1. The molecule has 2 aromatic rings. The zero-order valence-corrected chi connectivity index (χ0v) is 12.5. The van der Waals surface area contributed by atoms with Crippen molar-refractivity contribution in [2.24, 2.45) is 0 Å². The van der Waals surface area contributed by atoms with E-state index < -0.39 is 5.82 Å². The minimum Gasteiger partial charge on any atom is -0.488 e. The van der Waals surface area contributed by atoms with Crippen molar-refractivity contribution in [1.82, 2.24) is 0 Å². The molecule has 0 atom stereocenters. The summed E-state index contributed by atoms with van der Waals surface area (Å²) in [6, 6.07) is 5.01. The highest BCUT2D eigenvalue weighted by Gasteiger charge is 2.10. The number of rotatable bonds is 6. The van der Waals surface area contributed by atoms with Gasteiger partial charge in [0.25, 0.3) is 0 Å². The van der Waals surface area contributed by atoms with Crippen LogP contribution in [0.2, 0.25) is 0 Å². The summed E-state index contributed by atoms with van der Waals surface area (Å²) < 4.78 is 19.1. The summed E-state index contributed by atoms with van der Waals surface area (Å²) in [5.74, 6) is -0.202. The Morgan fingerprint density at radius 3 is 2.85 bits per heavy atom. The molecular formula is C15H19FN2OS. The summed E-state index contributed by atoms with van der Waals surface area (Å²) >= 11 is 1.68. The van der Waals surface area contributed by atoms with E-state index in [1.165, 1.54) is 11.6 Å². The fourth-order valence-corrected chi connectivity index (χ4v) is 2.55. The lowest BCUT2D eigenvalue weighted by Gasteiger charge is -2.15. The van der Waals surface area contributed by atoms with Crippen molar-refractivity contribution >= 4 is 22.7 Å². The van der Waals surface area contributed by atoms with Gasteiger partial charge in [0.05, 0.1) is 17.5 Å². The number of nitrogens with two attached hydrogens (primary N) is 1. The van der Waals surface area contributed by atoms with Crippen molar-refractivity contribution in [1.29, 1.82) is 0 Å². The fourth-order valence-electron chi connectivity index (χ4n) is 1.84. The number of nitrogen functional groups attached to an aromatic ring is 1. The van der Waals surface area contributed by atoms with E-state index in [-0.39, 0.29) is 11.9 Å². The van der Waals surface area contributed by atoms with E-state index in [2.05, 4.69) is 22.1 Å². The lowest BCUT2D eigenvalue weighted by molar-refractivity contribution is 0.231. The Kier molecular flexibility index (Phi) is 4.84. The molecular weight excluding hydrogens is 275 g/mol. The Balaban J connectivity index is 2.02. The van der Waals surface area contributed by atoms with E-state index in [0.29, 0.717) is 11.4 Å². The molecule has 1 aromatic carbocycles. The van der Waals surface area contributed by atoms with Gasteiger partial charge in [0, 0.05) is 18.7 Å². The lowest BCUT2D eigenvalue weighted by Crippen LogP contribution is -2.10. The summed E-state index contributed by atoms with van der Waals surface area (Å²) in [5.41, 5.74) is 8.20. The van der Waals surface area contributed by atoms with Crippen LogP contribution in [-0.4, -0.2) is 12.6 Å². The fraction of sp³-hybridized carbons (Fsp3) is 0.333. The van der Waals surface area contributed by atoms with Gasteiger partial charge in [-0.15, -0.1) is 0 Å². The molecule has 0 amide bonds. The molecule has 20 heavy (non-hydrogen) atoms. The lowest BCUT2D eigenvalue weighted by atomic mass is 10.2. The Morgan fingerprint density at radius 2 is 2.20 bits per heavy atom. The molecule has 0 bridgehead atoms. The maximum Gasteiger partial charge on any atom is 0.167 e. The normalized spacial score (nSPS) is 10.8. The van der Waals surface area contributed by atoms with Gasteiger partial charge in [-0.05, 0) is 42.7 Å². The van der Waals surface area contributed by atoms with Gasteiger partial charge in [0.2, 0.25) is 0 Å². The molecule has 0 aliphatic carbocycles. The minimum absolute atomic E-state index is 0.0771. The van der Waals surface area contributed by atoms with Gasteiger partial charge in [0.15, 0.2) is 11.6 Å². The van der Waals surface area contributed by atoms with E-state index in [0.717, 1.165) is 13.0 Å². The third-order valence-corrected chi connectivity index (χ3v) is 3.51. The Morgan fingerprint density at radius 1 is 1.40 bits per heavy atom. The first-order valence-corrected chi connectivity index (χ1v) is 7.51. The van der Waals surface area contributed by atoms with Crippen LogP contribution >= 0.6 is 11.3 Å². The number of nitrogens with one attached hydrogen (secondary N) is 1. The van der Waals surface area contributed by atoms with Gasteiger partial charge < -0.3 is 15.8 Å². The summed E-state index contributed by atoms with van der Waals surface area (Å²) in [7, 11) is 0. The first-order chi connectivity index (χ1) is 9.56. The third-order valence-electron chi connectivity index (χ3n) is 2.78. The highest BCUT2D eigenvalue weighted by atomic mass is 32.1. The van der Waals surface area contributed by atoms with Gasteiger partial charge in [0.1, 0.15) is 0 Å². The highest BCUT2D eigenvalue weighted by Crippen LogP contribution is 2.28. The van der Waals surface area contributed by atoms with Crippen LogP contribution in [-0.2, 0) is 6.42 Å². The van der Waals surface area contributed by atoms with Gasteiger partial charge >= 0.3 is 0 Å². The predicted octanol–water partition coefficient (Wildman–Crippen LogP) is 3.91. The number of ether oxygens (including phenoxy) is 1. The van der Waals surface area contributed by atoms with Gasteiger partial charge in [-0.3, -0.25) is 0 Å². The molecule has 108 valence electrons. The van der Waals surface area contributed by atoms with E-state index in [9.17, 15) is 4.39 Å². The second-order valence-corrected chi connectivity index (χ2v) is 5.62. The average molecular weight is 294 g/mol. The van der Waals surface area contributed by atoms with Crippen molar-refractivity contribution in [3.8, 4) is 5.75 Å². The Bertz CT molecular complexity index is 555. The number of anilines is 2. The molecule has 2 rings (SSSR count). The Hall–Kier alpha value is -1.75. The molecule has 0 unspecified atom stereocenters. The van der Waals surface area contributed by atoms with Crippen LogP contribution in [0.4, 0.5) is 15.8 Å². The van der Waals surface area contributed by atoms with Crippen molar-refractivity contribution in [3.63, 3.8) is 0 Å². The summed E-state index contributed by atoms with van der Waals surface area (Å²) in [5, 5.41) is 7.39. The molecule has 1 heterocycles. The number of benzene rings is 1. The first kappa shape index (κ1) is 14.7. The van der Waals surface area contributed by atoms with Crippen LogP contribution in [0.15, 0.2) is 29.0 Å². The molecule has 0 radical (unpaired) electrons. The maximum absolute atomic E-state index is 13.7. The number of hydrogen-bond donors (Lipinski definition) is 2. The smallest absolute Gasteiger partial charge is 0.167 e. The first-order valence-electron chi connectivity index (χ1n) is 6.57. The SMILES string of the molecule is CC(C)Oc1cc(NCCc2ccsc2)c(N)cc1F. The summed E-state index contributed by atoms with van der Waals surface area (Å²) in [6.45, 7) is 4.46. The molecule has 3 nitrogen and oxygen atoms in total. The van der Waals surface area contributed by atoms with Crippen molar-refractivity contribution in [2.45, 2.75) is 26.4 Å². The molecule has 3 N–H and O–H groups in total. The molecule has 5 heteroatoms. The molecule has 0 aliphatic rings. The quantitative estimate of drug-likeness (QED) is 0.794. The largest absolute Gasteiger partial charge is 0.488 e. The van der Waals surface area contributed by atoms with Gasteiger partial charge in [-0.25, -0.2) is 4.39 Å². The van der Waals surface area contributed by atoms with E-state index in [1.807, 2.05) is 13.8 Å². The van der Waals surface area contributed by atoms with Crippen LogP contribution in [0.5, 0.6) is 5.75 Å². The zero-order chi connectivity index (χ0) is 14.5. The monoisotopic (exact) mass is 294 g/mol. The standard InChI is InChI=1S/C15H19FN2OS/c1-10(2)19-15-8-14(13(17)7-12(15)16)18-5-3-11-4-6-20-9-11/h4,6-10,18H,3,5,17H2,1-2H3. The summed E-state index contributed by atoms with van der Waals surface area (Å²) in [4.78, 5) is 0. The van der Waals surface area contributed by atoms with Gasteiger partial charge in [-0.2, -0.15) is 11.3 Å². The second kappa shape index (κ2) is 6.61. The van der Waals surface area contributed by atoms with Crippen molar-refractivity contribution in [3.05, 3.63) is 40.3 Å².